The van der Waals surface area contributed by atoms with E-state index < -0.39 is 28.6 Å². The Morgan fingerprint density at radius 1 is 0.900 bits per heavy atom. The number of benzene rings is 3. The van der Waals surface area contributed by atoms with Crippen LogP contribution in [0.4, 0.5) is 21.1 Å². The maximum absolute atomic E-state index is 14.8. The van der Waals surface area contributed by atoms with Crippen molar-refractivity contribution >= 4 is 41.4 Å². The van der Waals surface area contributed by atoms with Crippen molar-refractivity contribution < 1.29 is 33.4 Å². The second kappa shape index (κ2) is 16.8. The average Bonchev–Trinajstić information content (AvgIpc) is 3.72. The molecule has 1 aromatic heterocycles. The third-order valence-electron chi connectivity index (χ3n) is 11.9. The van der Waals surface area contributed by atoms with Crippen LogP contribution in [0.25, 0.3) is 0 Å². The van der Waals surface area contributed by atoms with Crippen molar-refractivity contribution in [2.75, 3.05) is 37.3 Å². The van der Waals surface area contributed by atoms with Crippen molar-refractivity contribution in [1.29, 1.82) is 0 Å². The molecular weight excluding hydrogens is 761 g/mol. The minimum atomic E-state index is -0.871. The van der Waals surface area contributed by atoms with Gasteiger partial charge in [-0.25, -0.2) is 14.6 Å². The second-order valence-corrected chi connectivity index (χ2v) is 17.6. The summed E-state index contributed by atoms with van der Waals surface area (Å²) >= 11 is 0. The number of piperidine rings is 1. The molecule has 1 unspecified atom stereocenters. The van der Waals surface area contributed by atoms with Gasteiger partial charge in [-0.2, -0.15) is 0 Å². The number of rotatable bonds is 10. The van der Waals surface area contributed by atoms with E-state index in [0.717, 1.165) is 38.9 Å². The second-order valence-electron chi connectivity index (χ2n) is 17.6. The Morgan fingerprint density at radius 2 is 1.55 bits per heavy atom. The molecule has 1 fully saturated rings. The molecule has 0 saturated carbocycles. The van der Waals surface area contributed by atoms with Crippen molar-refractivity contribution in [3.05, 3.63) is 124 Å². The number of pyridine rings is 1. The van der Waals surface area contributed by atoms with Gasteiger partial charge in [0, 0.05) is 56.1 Å². The summed E-state index contributed by atoms with van der Waals surface area (Å²) in [6.07, 6.45) is 2.53. The lowest BCUT2D eigenvalue weighted by atomic mass is 9.79. The van der Waals surface area contributed by atoms with Crippen LogP contribution in [0.15, 0.2) is 85.1 Å². The Hall–Kier alpha value is -6.24. The molecule has 13 heteroatoms. The van der Waals surface area contributed by atoms with E-state index in [1.54, 1.807) is 23.0 Å². The molecule has 7 rings (SSSR count). The van der Waals surface area contributed by atoms with Crippen LogP contribution in [0.3, 0.4) is 0 Å². The van der Waals surface area contributed by atoms with Gasteiger partial charge in [0.05, 0.1) is 5.41 Å². The van der Waals surface area contributed by atoms with Gasteiger partial charge < -0.3 is 34.8 Å². The predicted molar refractivity (Wildman–Crippen MR) is 227 cm³/mol. The number of carbonyl (C=O) groups is 5. The largest absolute Gasteiger partial charge is 0.445 e. The van der Waals surface area contributed by atoms with Crippen molar-refractivity contribution in [3.8, 4) is 0 Å². The van der Waals surface area contributed by atoms with Gasteiger partial charge in [-0.15, -0.1) is 0 Å². The first-order valence-corrected chi connectivity index (χ1v) is 20.5. The third kappa shape index (κ3) is 9.00. The summed E-state index contributed by atoms with van der Waals surface area (Å²) in [5.74, 6) is -0.0740. The fourth-order valence-corrected chi connectivity index (χ4v) is 8.46. The highest BCUT2D eigenvalue weighted by Gasteiger charge is 2.51. The van der Waals surface area contributed by atoms with Crippen LogP contribution in [-0.4, -0.2) is 81.9 Å². The minimum Gasteiger partial charge on any atom is -0.445 e. The summed E-state index contributed by atoms with van der Waals surface area (Å²) in [5, 5.41) is 6.03. The smallest absolute Gasteiger partial charge is 0.410 e. The molecule has 2 N–H and O–H groups in total. The van der Waals surface area contributed by atoms with Crippen LogP contribution in [0.1, 0.15) is 79.5 Å². The molecule has 0 bridgehead atoms. The normalized spacial score (nSPS) is 17.6. The molecular formula is C47H54N6O7. The summed E-state index contributed by atoms with van der Waals surface area (Å²) in [7, 11) is 1.66. The topological polar surface area (TPSA) is 150 Å². The summed E-state index contributed by atoms with van der Waals surface area (Å²) in [6, 6.07) is 24.8. The number of nitrogens with zero attached hydrogens (tertiary/aromatic N) is 4. The molecule has 4 aromatic rings. The highest BCUT2D eigenvalue weighted by molar-refractivity contribution is 6.06. The Balaban J connectivity index is 1.09. The van der Waals surface area contributed by atoms with E-state index in [0.29, 0.717) is 50.3 Å². The fraction of sp³-hybridized carbons (Fsp3) is 0.404. The number of aryl methyl sites for hydroxylation is 1. The Kier molecular flexibility index (Phi) is 11.7. The quantitative estimate of drug-likeness (QED) is 0.171. The van der Waals surface area contributed by atoms with Gasteiger partial charge in [-0.3, -0.25) is 14.4 Å². The van der Waals surface area contributed by atoms with Gasteiger partial charge in [-0.05, 0) is 98.9 Å². The minimum absolute atomic E-state index is 0.0780. The Morgan fingerprint density at radius 3 is 2.23 bits per heavy atom. The molecule has 5 amide bonds. The van der Waals surface area contributed by atoms with Gasteiger partial charge in [0.25, 0.3) is 0 Å². The zero-order valence-corrected chi connectivity index (χ0v) is 35.3. The number of ether oxygens (including phenoxy) is 2. The monoisotopic (exact) mass is 814 g/mol. The molecule has 1 aliphatic carbocycles. The summed E-state index contributed by atoms with van der Waals surface area (Å²) in [6.45, 7) is 10.1. The van der Waals surface area contributed by atoms with E-state index >= 15 is 0 Å². The van der Waals surface area contributed by atoms with E-state index in [1.807, 2.05) is 113 Å². The highest BCUT2D eigenvalue weighted by Crippen LogP contribution is 2.47. The number of nitrogens with one attached hydrogen (secondary N) is 2. The number of amides is 5. The van der Waals surface area contributed by atoms with Crippen molar-refractivity contribution in [2.45, 2.75) is 91.0 Å². The Labute approximate surface area is 351 Å². The molecule has 314 valence electrons. The standard InChI is InChI=1S/C47H54N6O7/c1-31-23-35-25-47(37-17-12-20-48-40(37)50-41(47)55)26-36(35)24-38(31)49-39(54)29-53(28-34-16-11-10-15-33(34)27-51(6)43(57)60-45(2,3)4)42(56)46(5)18-21-52(22-19-46)44(58)59-30-32-13-8-7-9-14-32/h7-17,20,23-24H,18-19,21-22,25-30H2,1-6H3,(H,49,54)(H,48,50,55). The van der Waals surface area contributed by atoms with Crippen LogP contribution >= 0.6 is 0 Å². The number of aromatic nitrogens is 1. The number of hydrogen-bond acceptors (Lipinski definition) is 8. The van der Waals surface area contributed by atoms with E-state index in [2.05, 4.69) is 15.6 Å². The molecule has 2 aliphatic heterocycles. The zero-order valence-electron chi connectivity index (χ0n) is 35.3. The summed E-state index contributed by atoms with van der Waals surface area (Å²) in [4.78, 5) is 77.3. The molecule has 3 aliphatic rings. The van der Waals surface area contributed by atoms with Crippen LogP contribution in [0.5, 0.6) is 0 Å². The lowest BCUT2D eigenvalue weighted by Gasteiger charge is -2.40. The van der Waals surface area contributed by atoms with Crippen molar-refractivity contribution in [2.24, 2.45) is 5.41 Å². The molecule has 13 nitrogen and oxygen atoms in total. The van der Waals surface area contributed by atoms with Crippen molar-refractivity contribution in [1.82, 2.24) is 19.7 Å². The van der Waals surface area contributed by atoms with Gasteiger partial charge in [-0.1, -0.05) is 73.7 Å². The van der Waals surface area contributed by atoms with E-state index in [4.69, 9.17) is 9.47 Å². The first kappa shape index (κ1) is 41.9. The van der Waals surface area contributed by atoms with Crippen LogP contribution in [-0.2, 0) is 61.8 Å². The first-order chi connectivity index (χ1) is 28.5. The highest BCUT2D eigenvalue weighted by atomic mass is 16.6. The maximum atomic E-state index is 14.8. The van der Waals surface area contributed by atoms with Gasteiger partial charge in [0.1, 0.15) is 24.6 Å². The number of anilines is 2. The molecule has 3 heterocycles. The molecule has 1 saturated heterocycles. The lowest BCUT2D eigenvalue weighted by molar-refractivity contribution is -0.146. The lowest BCUT2D eigenvalue weighted by Crippen LogP contribution is -2.51. The van der Waals surface area contributed by atoms with Crippen LogP contribution in [0.2, 0.25) is 0 Å². The fourth-order valence-electron chi connectivity index (χ4n) is 8.46. The number of carbonyl (C=O) groups excluding carboxylic acids is 5. The number of hydrogen-bond donors (Lipinski definition) is 2. The number of likely N-dealkylation sites (tertiary alicyclic amines) is 1. The molecule has 1 atom stereocenters. The van der Waals surface area contributed by atoms with Crippen LogP contribution < -0.4 is 10.6 Å². The molecule has 60 heavy (non-hydrogen) atoms. The molecule has 0 radical (unpaired) electrons. The molecule has 3 aromatic carbocycles. The van der Waals surface area contributed by atoms with Gasteiger partial charge in [0.15, 0.2) is 0 Å². The van der Waals surface area contributed by atoms with Gasteiger partial charge >= 0.3 is 12.2 Å². The average molecular weight is 815 g/mol. The molecule has 1 spiro atoms. The maximum Gasteiger partial charge on any atom is 0.410 e. The third-order valence-corrected chi connectivity index (χ3v) is 11.9. The SMILES string of the molecule is Cc1cc2c(cc1NC(=O)CN(Cc1ccccc1CN(C)C(=O)OC(C)(C)C)C(=O)C1(C)CCN(C(=O)OCc3ccccc3)CC1)CC1(C2)C(=O)Nc2ncccc21. The van der Waals surface area contributed by atoms with E-state index in [-0.39, 0.29) is 44.0 Å². The van der Waals surface area contributed by atoms with E-state index in [1.165, 1.54) is 4.90 Å². The van der Waals surface area contributed by atoms with Crippen molar-refractivity contribution in [3.63, 3.8) is 0 Å². The Bertz CT molecular complexity index is 2300. The predicted octanol–water partition coefficient (Wildman–Crippen LogP) is 7.15. The van der Waals surface area contributed by atoms with E-state index in [9.17, 15) is 24.0 Å². The van der Waals surface area contributed by atoms with Crippen LogP contribution in [0, 0.1) is 12.3 Å². The first-order valence-electron chi connectivity index (χ1n) is 20.5. The van der Waals surface area contributed by atoms with Gasteiger partial charge in [0.2, 0.25) is 17.7 Å². The number of fused-ring (bicyclic) bond motifs is 3. The summed E-state index contributed by atoms with van der Waals surface area (Å²) < 4.78 is 11.2. The zero-order chi connectivity index (χ0) is 42.8. The summed E-state index contributed by atoms with van der Waals surface area (Å²) in [5.41, 5.74) is 4.54.